The molecule has 0 radical (unpaired) electrons. The van der Waals surface area contributed by atoms with E-state index in [1.165, 1.54) is 5.56 Å². The molecule has 0 N–H and O–H groups in total. The van der Waals surface area contributed by atoms with Gasteiger partial charge in [-0.2, -0.15) is 0 Å². The average Bonchev–Trinajstić information content (AvgIpc) is 3.22. The highest BCUT2D eigenvalue weighted by molar-refractivity contribution is 6.30. The summed E-state index contributed by atoms with van der Waals surface area (Å²) in [5.74, 6) is -0.00456. The standard InChI is InChI=1S/C23H24ClN5O/c1-18-7-8-20(24)15-22(18)27-11-13-28(14-12-27)23(30)10-9-21-17-29(26-25-21)16-19-5-3-2-4-6-19/h2-10,15,17H,11-14,16H2,1H3/b10-9+. The molecule has 1 aliphatic heterocycles. The van der Waals surface area contributed by atoms with Gasteiger partial charge in [-0.3, -0.25) is 4.79 Å². The summed E-state index contributed by atoms with van der Waals surface area (Å²) in [5.41, 5.74) is 4.16. The van der Waals surface area contributed by atoms with Gasteiger partial charge < -0.3 is 9.80 Å². The second kappa shape index (κ2) is 9.13. The summed E-state index contributed by atoms with van der Waals surface area (Å²) >= 11 is 6.15. The molecular weight excluding hydrogens is 398 g/mol. The molecule has 1 fully saturated rings. The number of hydrogen-bond donors (Lipinski definition) is 0. The van der Waals surface area contributed by atoms with E-state index < -0.39 is 0 Å². The zero-order chi connectivity index (χ0) is 20.9. The number of piperazine rings is 1. The Balaban J connectivity index is 1.32. The van der Waals surface area contributed by atoms with E-state index in [0.717, 1.165) is 29.4 Å². The first-order valence-electron chi connectivity index (χ1n) is 10.0. The van der Waals surface area contributed by atoms with Gasteiger partial charge in [-0.25, -0.2) is 4.68 Å². The van der Waals surface area contributed by atoms with Gasteiger partial charge in [0, 0.05) is 43.0 Å². The summed E-state index contributed by atoms with van der Waals surface area (Å²) in [7, 11) is 0. The number of carbonyl (C=O) groups excluding carboxylic acids is 1. The number of rotatable bonds is 5. The van der Waals surface area contributed by atoms with Gasteiger partial charge in [0.15, 0.2) is 0 Å². The molecule has 0 unspecified atom stereocenters. The van der Waals surface area contributed by atoms with Gasteiger partial charge in [0.2, 0.25) is 5.91 Å². The molecule has 0 bridgehead atoms. The molecule has 2 aromatic carbocycles. The molecule has 0 aliphatic carbocycles. The van der Waals surface area contributed by atoms with Gasteiger partial charge in [-0.15, -0.1) is 5.10 Å². The smallest absolute Gasteiger partial charge is 0.246 e. The largest absolute Gasteiger partial charge is 0.368 e. The fraction of sp³-hybridized carbons (Fsp3) is 0.261. The summed E-state index contributed by atoms with van der Waals surface area (Å²) < 4.78 is 1.77. The summed E-state index contributed by atoms with van der Waals surface area (Å²) in [6, 6.07) is 16.0. The third kappa shape index (κ3) is 4.89. The molecule has 1 amide bonds. The molecule has 4 rings (SSSR count). The van der Waals surface area contributed by atoms with Gasteiger partial charge in [0.05, 0.1) is 12.7 Å². The zero-order valence-corrected chi connectivity index (χ0v) is 17.7. The van der Waals surface area contributed by atoms with E-state index in [9.17, 15) is 4.79 Å². The highest BCUT2D eigenvalue weighted by Gasteiger charge is 2.21. The van der Waals surface area contributed by atoms with Crippen molar-refractivity contribution >= 4 is 29.3 Å². The maximum absolute atomic E-state index is 12.6. The predicted octanol–water partition coefficient (Wildman–Crippen LogP) is 3.65. The minimum absolute atomic E-state index is 0.00456. The van der Waals surface area contributed by atoms with Crippen LogP contribution >= 0.6 is 11.6 Å². The first kappa shape index (κ1) is 20.2. The van der Waals surface area contributed by atoms with Crippen LogP contribution in [0.3, 0.4) is 0 Å². The number of anilines is 1. The molecule has 3 aromatic rings. The van der Waals surface area contributed by atoms with Crippen LogP contribution in [0.1, 0.15) is 16.8 Å². The van der Waals surface area contributed by atoms with Gasteiger partial charge in [0.25, 0.3) is 0 Å². The molecule has 1 aromatic heterocycles. The van der Waals surface area contributed by atoms with Crippen molar-refractivity contribution in [1.29, 1.82) is 0 Å². The lowest BCUT2D eigenvalue weighted by Crippen LogP contribution is -2.48. The summed E-state index contributed by atoms with van der Waals surface area (Å²) in [6.07, 6.45) is 5.15. The van der Waals surface area contributed by atoms with Crippen molar-refractivity contribution in [1.82, 2.24) is 19.9 Å². The second-order valence-corrected chi connectivity index (χ2v) is 7.84. The van der Waals surface area contributed by atoms with Crippen LogP contribution in [0.4, 0.5) is 5.69 Å². The van der Waals surface area contributed by atoms with Crippen LogP contribution in [0, 0.1) is 6.92 Å². The first-order chi connectivity index (χ1) is 14.6. The Morgan fingerprint density at radius 1 is 1.10 bits per heavy atom. The number of carbonyl (C=O) groups is 1. The van der Waals surface area contributed by atoms with E-state index in [1.807, 2.05) is 59.6 Å². The van der Waals surface area contributed by atoms with E-state index >= 15 is 0 Å². The third-order valence-corrected chi connectivity index (χ3v) is 5.48. The van der Waals surface area contributed by atoms with Crippen molar-refractivity contribution in [2.75, 3.05) is 31.1 Å². The highest BCUT2D eigenvalue weighted by atomic mass is 35.5. The molecule has 0 atom stereocenters. The van der Waals surface area contributed by atoms with Crippen molar-refractivity contribution in [2.45, 2.75) is 13.5 Å². The Morgan fingerprint density at radius 2 is 1.87 bits per heavy atom. The van der Waals surface area contributed by atoms with Gasteiger partial charge in [0.1, 0.15) is 5.69 Å². The fourth-order valence-electron chi connectivity index (χ4n) is 3.59. The Labute approximate surface area is 181 Å². The van der Waals surface area contributed by atoms with E-state index in [4.69, 9.17) is 11.6 Å². The minimum Gasteiger partial charge on any atom is -0.368 e. The normalized spacial score (nSPS) is 14.5. The number of benzene rings is 2. The number of hydrogen-bond acceptors (Lipinski definition) is 4. The number of aromatic nitrogens is 3. The van der Waals surface area contributed by atoms with E-state index in [-0.39, 0.29) is 5.91 Å². The van der Waals surface area contributed by atoms with Crippen molar-refractivity contribution in [3.05, 3.63) is 82.6 Å². The molecule has 30 heavy (non-hydrogen) atoms. The Hall–Kier alpha value is -3.12. The molecule has 0 spiro atoms. The highest BCUT2D eigenvalue weighted by Crippen LogP contribution is 2.25. The average molecular weight is 422 g/mol. The van der Waals surface area contributed by atoms with Crippen molar-refractivity contribution in [3.63, 3.8) is 0 Å². The Bertz CT molecular complexity index is 1040. The maximum atomic E-state index is 12.6. The van der Waals surface area contributed by atoms with Crippen LogP contribution < -0.4 is 4.90 Å². The van der Waals surface area contributed by atoms with Crippen LogP contribution in [-0.2, 0) is 11.3 Å². The number of aryl methyl sites for hydroxylation is 1. The van der Waals surface area contributed by atoms with Crippen LogP contribution in [0.5, 0.6) is 0 Å². The van der Waals surface area contributed by atoms with E-state index in [0.29, 0.717) is 25.3 Å². The summed E-state index contributed by atoms with van der Waals surface area (Å²) in [5, 5.41) is 9.00. The lowest BCUT2D eigenvalue weighted by molar-refractivity contribution is -0.126. The van der Waals surface area contributed by atoms with Crippen LogP contribution in [-0.4, -0.2) is 52.0 Å². The predicted molar refractivity (Wildman–Crippen MR) is 120 cm³/mol. The number of nitrogens with zero attached hydrogens (tertiary/aromatic N) is 5. The number of halogens is 1. The molecule has 2 heterocycles. The Morgan fingerprint density at radius 3 is 2.63 bits per heavy atom. The molecule has 6 nitrogen and oxygen atoms in total. The van der Waals surface area contributed by atoms with Crippen LogP contribution in [0.2, 0.25) is 5.02 Å². The Kier molecular flexibility index (Phi) is 6.14. The van der Waals surface area contributed by atoms with Gasteiger partial charge in [-0.1, -0.05) is 53.2 Å². The lowest BCUT2D eigenvalue weighted by Gasteiger charge is -2.36. The van der Waals surface area contributed by atoms with Crippen molar-refractivity contribution < 1.29 is 4.79 Å². The summed E-state index contributed by atoms with van der Waals surface area (Å²) in [6.45, 7) is 5.66. The van der Waals surface area contributed by atoms with Crippen molar-refractivity contribution in [3.8, 4) is 0 Å². The van der Waals surface area contributed by atoms with Gasteiger partial charge in [-0.05, 0) is 36.3 Å². The maximum Gasteiger partial charge on any atom is 0.246 e. The fourth-order valence-corrected chi connectivity index (χ4v) is 3.76. The quantitative estimate of drug-likeness (QED) is 0.590. The minimum atomic E-state index is -0.00456. The first-order valence-corrected chi connectivity index (χ1v) is 10.4. The molecule has 154 valence electrons. The van der Waals surface area contributed by atoms with Gasteiger partial charge >= 0.3 is 0 Å². The molecule has 0 saturated carbocycles. The number of amides is 1. The SMILES string of the molecule is Cc1ccc(Cl)cc1N1CCN(C(=O)/C=C/c2cn(Cc3ccccc3)nn2)CC1. The van der Waals surface area contributed by atoms with Crippen LogP contribution in [0.25, 0.3) is 6.08 Å². The molecule has 1 saturated heterocycles. The van der Waals surface area contributed by atoms with E-state index in [2.05, 4.69) is 22.1 Å². The molecule has 7 heteroatoms. The van der Waals surface area contributed by atoms with E-state index in [1.54, 1.807) is 16.8 Å². The third-order valence-electron chi connectivity index (χ3n) is 5.24. The zero-order valence-electron chi connectivity index (χ0n) is 16.9. The second-order valence-electron chi connectivity index (χ2n) is 7.40. The molecule has 1 aliphatic rings. The summed E-state index contributed by atoms with van der Waals surface area (Å²) in [4.78, 5) is 16.7. The van der Waals surface area contributed by atoms with Crippen LogP contribution in [0.15, 0.2) is 60.8 Å². The monoisotopic (exact) mass is 421 g/mol. The lowest BCUT2D eigenvalue weighted by atomic mass is 10.1. The van der Waals surface area contributed by atoms with Crippen molar-refractivity contribution in [2.24, 2.45) is 0 Å². The molecular formula is C23H24ClN5O. The topological polar surface area (TPSA) is 54.3 Å².